The van der Waals surface area contributed by atoms with Crippen molar-refractivity contribution in [3.63, 3.8) is 0 Å². The van der Waals surface area contributed by atoms with Crippen LogP contribution < -0.4 is 9.64 Å². The summed E-state index contributed by atoms with van der Waals surface area (Å²) in [6, 6.07) is 0. The number of hydrogen-bond donors (Lipinski definition) is 1. The zero-order chi connectivity index (χ0) is 12.5. The molecule has 0 amide bonds. The molecule has 1 aliphatic rings. The summed E-state index contributed by atoms with van der Waals surface area (Å²) in [7, 11) is 1.61. The Labute approximate surface area is 109 Å². The summed E-state index contributed by atoms with van der Waals surface area (Å²) in [6.45, 7) is 3.83. The summed E-state index contributed by atoms with van der Waals surface area (Å²) in [5.74, 6) is 1.06. The second-order valence-electron chi connectivity index (χ2n) is 4.34. The predicted octanol–water partition coefficient (Wildman–Crippen LogP) is 1.53. The van der Waals surface area contributed by atoms with Crippen molar-refractivity contribution in [1.29, 1.82) is 0 Å². The second kappa shape index (κ2) is 4.56. The average molecular weight is 265 g/mol. The number of fused-ring (bicyclic) bond motifs is 1. The van der Waals surface area contributed by atoms with Gasteiger partial charge in [-0.3, -0.25) is 5.10 Å². The summed E-state index contributed by atoms with van der Waals surface area (Å²) >= 11 is 1.48. The zero-order valence-electron chi connectivity index (χ0n) is 10.4. The van der Waals surface area contributed by atoms with Gasteiger partial charge in [-0.25, -0.2) is 0 Å². The first-order valence-corrected chi connectivity index (χ1v) is 6.74. The first-order valence-electron chi connectivity index (χ1n) is 5.93. The molecule has 0 radical (unpaired) electrons. The van der Waals surface area contributed by atoms with E-state index in [-0.39, 0.29) is 0 Å². The molecule has 0 atom stereocenters. The molecule has 0 spiro atoms. The number of aromatic amines is 1. The Morgan fingerprint density at radius 1 is 1.44 bits per heavy atom. The van der Waals surface area contributed by atoms with Gasteiger partial charge in [0.05, 0.1) is 13.7 Å². The molecule has 0 saturated carbocycles. The Balaban J connectivity index is 1.81. The van der Waals surface area contributed by atoms with Crippen LogP contribution in [-0.4, -0.2) is 34.0 Å². The van der Waals surface area contributed by atoms with Gasteiger partial charge < -0.3 is 9.64 Å². The van der Waals surface area contributed by atoms with Crippen molar-refractivity contribution in [3.05, 3.63) is 16.3 Å². The standard InChI is InChI=1S/C11H15N5OS/c1-7-8-4-3-5-16(10(8)14-12-7)6-9-13-15-11(17-2)18-9/h3-6H2,1-2H3,(H,12,14). The summed E-state index contributed by atoms with van der Waals surface area (Å²) in [6.07, 6.45) is 2.26. The maximum absolute atomic E-state index is 5.06. The number of nitrogens with zero attached hydrogens (tertiary/aromatic N) is 4. The van der Waals surface area contributed by atoms with E-state index in [4.69, 9.17) is 4.74 Å². The lowest BCUT2D eigenvalue weighted by atomic mass is 10.1. The Hall–Kier alpha value is -1.63. The van der Waals surface area contributed by atoms with Gasteiger partial charge in [0.2, 0.25) is 0 Å². The van der Waals surface area contributed by atoms with Crippen molar-refractivity contribution >= 4 is 17.2 Å². The van der Waals surface area contributed by atoms with Crippen LogP contribution in [0.5, 0.6) is 5.19 Å². The molecular weight excluding hydrogens is 250 g/mol. The summed E-state index contributed by atoms with van der Waals surface area (Å²) in [5.41, 5.74) is 2.50. The smallest absolute Gasteiger partial charge is 0.293 e. The van der Waals surface area contributed by atoms with Crippen LogP contribution in [0.25, 0.3) is 0 Å². The minimum atomic E-state index is 0.612. The maximum Gasteiger partial charge on any atom is 0.293 e. The van der Waals surface area contributed by atoms with E-state index in [1.165, 1.54) is 22.6 Å². The SMILES string of the molecule is COc1nnc(CN2CCCc3c2n[nH]c3C)s1. The van der Waals surface area contributed by atoms with Crippen LogP contribution >= 0.6 is 11.3 Å². The average Bonchev–Trinajstić information content (AvgIpc) is 2.98. The van der Waals surface area contributed by atoms with Crippen LogP contribution in [0.1, 0.15) is 22.7 Å². The van der Waals surface area contributed by atoms with Crippen LogP contribution in [0.2, 0.25) is 0 Å². The lowest BCUT2D eigenvalue weighted by molar-refractivity contribution is 0.407. The van der Waals surface area contributed by atoms with Gasteiger partial charge in [0, 0.05) is 17.8 Å². The van der Waals surface area contributed by atoms with E-state index in [1.807, 2.05) is 0 Å². The molecule has 0 aromatic carbocycles. The van der Waals surface area contributed by atoms with Gasteiger partial charge in [-0.05, 0) is 19.8 Å². The van der Waals surface area contributed by atoms with Crippen molar-refractivity contribution < 1.29 is 4.74 Å². The van der Waals surface area contributed by atoms with Gasteiger partial charge in [0.15, 0.2) is 5.82 Å². The summed E-state index contributed by atoms with van der Waals surface area (Å²) in [4.78, 5) is 2.25. The monoisotopic (exact) mass is 265 g/mol. The summed E-state index contributed by atoms with van der Waals surface area (Å²) < 4.78 is 5.06. The van der Waals surface area contributed by atoms with Gasteiger partial charge in [0.25, 0.3) is 5.19 Å². The third-order valence-corrected chi connectivity index (χ3v) is 4.02. The third kappa shape index (κ3) is 1.94. The van der Waals surface area contributed by atoms with Gasteiger partial charge in [-0.1, -0.05) is 11.3 Å². The second-order valence-corrected chi connectivity index (χ2v) is 5.37. The molecule has 0 bridgehead atoms. The Morgan fingerprint density at radius 2 is 2.33 bits per heavy atom. The van der Waals surface area contributed by atoms with E-state index < -0.39 is 0 Å². The highest BCUT2D eigenvalue weighted by molar-refractivity contribution is 7.13. The molecule has 7 heteroatoms. The van der Waals surface area contributed by atoms with Gasteiger partial charge in [0.1, 0.15) is 5.01 Å². The van der Waals surface area contributed by atoms with Crippen LogP contribution in [0, 0.1) is 6.92 Å². The third-order valence-electron chi connectivity index (χ3n) is 3.16. The van der Waals surface area contributed by atoms with Crippen molar-refractivity contribution in [2.75, 3.05) is 18.6 Å². The fourth-order valence-electron chi connectivity index (χ4n) is 2.25. The molecule has 0 saturated heterocycles. The molecule has 6 nitrogen and oxygen atoms in total. The van der Waals surface area contributed by atoms with E-state index in [2.05, 4.69) is 32.2 Å². The number of hydrogen-bond acceptors (Lipinski definition) is 6. The van der Waals surface area contributed by atoms with Crippen LogP contribution in [-0.2, 0) is 13.0 Å². The lowest BCUT2D eigenvalue weighted by Gasteiger charge is -2.26. The fourth-order valence-corrected chi connectivity index (χ4v) is 2.92. The Morgan fingerprint density at radius 3 is 3.11 bits per heavy atom. The predicted molar refractivity (Wildman–Crippen MR) is 69.2 cm³/mol. The highest BCUT2D eigenvalue weighted by Gasteiger charge is 2.22. The lowest BCUT2D eigenvalue weighted by Crippen LogP contribution is -2.28. The largest absolute Gasteiger partial charge is 0.472 e. The number of aryl methyl sites for hydroxylation is 1. The van der Waals surface area contributed by atoms with Crippen LogP contribution in [0.3, 0.4) is 0 Å². The van der Waals surface area contributed by atoms with E-state index in [0.717, 1.165) is 36.8 Å². The molecule has 96 valence electrons. The molecule has 3 heterocycles. The van der Waals surface area contributed by atoms with Crippen LogP contribution in [0.4, 0.5) is 5.82 Å². The Kier molecular flexibility index (Phi) is 2.91. The molecule has 2 aromatic rings. The quantitative estimate of drug-likeness (QED) is 0.911. The minimum Gasteiger partial charge on any atom is -0.472 e. The molecule has 1 aliphatic heterocycles. The highest BCUT2D eigenvalue weighted by Crippen LogP contribution is 2.29. The van der Waals surface area contributed by atoms with Crippen LogP contribution in [0.15, 0.2) is 0 Å². The van der Waals surface area contributed by atoms with Crippen molar-refractivity contribution in [3.8, 4) is 5.19 Å². The molecule has 18 heavy (non-hydrogen) atoms. The van der Waals surface area contributed by atoms with E-state index in [9.17, 15) is 0 Å². The van der Waals surface area contributed by atoms with Gasteiger partial charge >= 0.3 is 0 Å². The molecule has 3 rings (SSSR count). The van der Waals surface area contributed by atoms with E-state index >= 15 is 0 Å². The number of ether oxygens (including phenoxy) is 1. The molecular formula is C11H15N5OS. The number of methoxy groups -OCH3 is 1. The number of rotatable bonds is 3. The van der Waals surface area contributed by atoms with E-state index in [1.54, 1.807) is 7.11 Å². The van der Waals surface area contributed by atoms with Crippen molar-refractivity contribution in [2.24, 2.45) is 0 Å². The van der Waals surface area contributed by atoms with Crippen molar-refractivity contribution in [1.82, 2.24) is 20.4 Å². The normalized spacial score (nSPS) is 14.7. The Bertz CT molecular complexity index is 549. The maximum atomic E-state index is 5.06. The molecule has 2 aromatic heterocycles. The highest BCUT2D eigenvalue weighted by atomic mass is 32.1. The zero-order valence-corrected chi connectivity index (χ0v) is 11.3. The van der Waals surface area contributed by atoms with Gasteiger partial charge in [-0.2, -0.15) is 5.10 Å². The van der Waals surface area contributed by atoms with E-state index in [0.29, 0.717) is 5.19 Å². The number of anilines is 1. The molecule has 1 N–H and O–H groups in total. The summed E-state index contributed by atoms with van der Waals surface area (Å²) in [5, 5.41) is 17.1. The van der Waals surface area contributed by atoms with Crippen molar-refractivity contribution in [2.45, 2.75) is 26.3 Å². The number of aromatic nitrogens is 4. The minimum absolute atomic E-state index is 0.612. The molecule has 0 aliphatic carbocycles. The number of nitrogens with one attached hydrogen (secondary N) is 1. The molecule has 0 unspecified atom stereocenters. The topological polar surface area (TPSA) is 66.9 Å². The number of H-pyrrole nitrogens is 1. The first kappa shape index (κ1) is 11.5. The van der Waals surface area contributed by atoms with Gasteiger partial charge in [-0.15, -0.1) is 10.2 Å². The fraction of sp³-hybridized carbons (Fsp3) is 0.545. The first-order chi connectivity index (χ1) is 8.78. The molecule has 0 fully saturated rings.